The number of nitrogens with zero attached hydrogens (tertiary/aromatic N) is 2. The summed E-state index contributed by atoms with van der Waals surface area (Å²) in [7, 11) is 0. The topological polar surface area (TPSA) is 87.7 Å². The molecule has 132 valence electrons. The molecule has 4 rings (SSSR count). The number of carbonyl (C=O) groups is 1. The van der Waals surface area contributed by atoms with Crippen molar-refractivity contribution in [1.82, 2.24) is 15.0 Å². The number of Topliss-reactive ketones (excluding diaryl/α,β-unsaturated/α-hetero) is 1. The first-order valence-electron chi connectivity index (χ1n) is 8.50. The lowest BCUT2D eigenvalue weighted by molar-refractivity contribution is -0.116. The molecular weight excluding hydrogens is 348 g/mol. The molecule has 1 aliphatic heterocycles. The van der Waals surface area contributed by atoms with E-state index in [1.54, 1.807) is 18.5 Å². The van der Waals surface area contributed by atoms with Crippen molar-refractivity contribution < 1.29 is 4.79 Å². The van der Waals surface area contributed by atoms with Gasteiger partial charge in [-0.1, -0.05) is 17.8 Å². The molecule has 0 aromatic carbocycles. The molecule has 0 amide bonds. The van der Waals surface area contributed by atoms with E-state index in [0.29, 0.717) is 34.3 Å². The van der Waals surface area contributed by atoms with E-state index in [0.717, 1.165) is 24.1 Å². The van der Waals surface area contributed by atoms with Gasteiger partial charge < -0.3 is 10.3 Å². The van der Waals surface area contributed by atoms with Crippen LogP contribution in [-0.2, 0) is 4.79 Å². The van der Waals surface area contributed by atoms with Crippen LogP contribution in [0.4, 0.5) is 5.82 Å². The normalized spacial score (nSPS) is 18.8. The summed E-state index contributed by atoms with van der Waals surface area (Å²) in [4.78, 5) is 37.1. The van der Waals surface area contributed by atoms with Crippen molar-refractivity contribution in [3.05, 3.63) is 69.9 Å². The summed E-state index contributed by atoms with van der Waals surface area (Å²) in [6, 6.07) is 3.71. The Morgan fingerprint density at radius 2 is 2.08 bits per heavy atom. The Hall–Kier alpha value is -2.67. The zero-order valence-electron chi connectivity index (χ0n) is 14.1. The molecular formula is C19H18N4O2S. The molecule has 0 saturated heterocycles. The number of carbonyl (C=O) groups excluding carboxylic acids is 1. The second-order valence-electron chi connectivity index (χ2n) is 6.24. The molecule has 7 heteroatoms. The van der Waals surface area contributed by atoms with Gasteiger partial charge in [0.2, 0.25) is 0 Å². The first-order chi connectivity index (χ1) is 12.7. The van der Waals surface area contributed by atoms with E-state index in [-0.39, 0.29) is 11.3 Å². The van der Waals surface area contributed by atoms with Gasteiger partial charge in [0.15, 0.2) is 10.9 Å². The van der Waals surface area contributed by atoms with Crippen LogP contribution in [0, 0.1) is 0 Å². The highest BCUT2D eigenvalue weighted by molar-refractivity contribution is 7.99. The molecule has 2 N–H and O–H groups in total. The Labute approximate surface area is 154 Å². The van der Waals surface area contributed by atoms with Crippen molar-refractivity contribution in [2.45, 2.75) is 30.3 Å². The summed E-state index contributed by atoms with van der Waals surface area (Å²) in [5.74, 6) is 0.875. The predicted molar refractivity (Wildman–Crippen MR) is 101 cm³/mol. The van der Waals surface area contributed by atoms with Gasteiger partial charge in [0, 0.05) is 41.8 Å². The number of H-pyrrole nitrogens is 1. The average molecular weight is 366 g/mol. The second-order valence-corrected chi connectivity index (χ2v) is 7.25. The fraction of sp³-hybridized carbons (Fsp3) is 0.263. The van der Waals surface area contributed by atoms with Gasteiger partial charge in [-0.05, 0) is 30.5 Å². The number of hydrogen-bond acceptors (Lipinski definition) is 6. The summed E-state index contributed by atoms with van der Waals surface area (Å²) in [5.41, 5.74) is 2.72. The second kappa shape index (κ2) is 6.92. The monoisotopic (exact) mass is 366 g/mol. The molecule has 26 heavy (non-hydrogen) atoms. The number of fused-ring (bicyclic) bond motifs is 1. The average Bonchev–Trinajstić information content (AvgIpc) is 2.65. The number of pyridine rings is 1. The molecule has 6 nitrogen and oxygen atoms in total. The lowest BCUT2D eigenvalue weighted by Crippen LogP contribution is -2.32. The van der Waals surface area contributed by atoms with E-state index in [9.17, 15) is 9.59 Å². The van der Waals surface area contributed by atoms with Crippen LogP contribution in [-0.4, -0.2) is 26.5 Å². The Morgan fingerprint density at radius 1 is 1.27 bits per heavy atom. The lowest BCUT2D eigenvalue weighted by atomic mass is 9.77. The number of nitrogens with one attached hydrogen (secondary N) is 2. The molecule has 2 aromatic rings. The molecule has 0 radical (unpaired) electrons. The number of aromatic amines is 1. The van der Waals surface area contributed by atoms with Crippen LogP contribution >= 0.6 is 11.8 Å². The maximum atomic E-state index is 12.9. The molecule has 2 aliphatic rings. The van der Waals surface area contributed by atoms with Crippen molar-refractivity contribution in [2.75, 3.05) is 11.1 Å². The fourth-order valence-corrected chi connectivity index (χ4v) is 4.13. The molecule has 1 atom stereocenters. The molecule has 3 heterocycles. The molecule has 0 unspecified atom stereocenters. The van der Waals surface area contributed by atoms with E-state index in [1.165, 1.54) is 11.8 Å². The summed E-state index contributed by atoms with van der Waals surface area (Å²) in [6.07, 6.45) is 7.23. The highest BCUT2D eigenvalue weighted by Gasteiger charge is 2.37. The zero-order chi connectivity index (χ0) is 18.1. The van der Waals surface area contributed by atoms with Crippen molar-refractivity contribution >= 4 is 23.4 Å². The van der Waals surface area contributed by atoms with Crippen molar-refractivity contribution in [1.29, 1.82) is 0 Å². The van der Waals surface area contributed by atoms with E-state index in [1.807, 2.05) is 12.1 Å². The van der Waals surface area contributed by atoms with Crippen LogP contribution < -0.4 is 10.9 Å². The van der Waals surface area contributed by atoms with E-state index in [2.05, 4.69) is 26.8 Å². The summed E-state index contributed by atoms with van der Waals surface area (Å²) in [6.45, 7) is 3.69. The number of aromatic nitrogens is 3. The van der Waals surface area contributed by atoms with Gasteiger partial charge in [0.1, 0.15) is 5.82 Å². The minimum Gasteiger partial charge on any atom is -0.343 e. The molecule has 2 aromatic heterocycles. The molecule has 0 spiro atoms. The third kappa shape index (κ3) is 2.88. The first-order valence-corrected chi connectivity index (χ1v) is 9.48. The smallest absolute Gasteiger partial charge is 0.257 e. The fourth-order valence-electron chi connectivity index (χ4n) is 3.54. The van der Waals surface area contributed by atoms with Crippen LogP contribution in [0.5, 0.6) is 0 Å². The zero-order valence-corrected chi connectivity index (χ0v) is 14.9. The third-order valence-corrected chi connectivity index (χ3v) is 5.48. The van der Waals surface area contributed by atoms with Gasteiger partial charge in [0.25, 0.3) is 5.56 Å². The summed E-state index contributed by atoms with van der Waals surface area (Å²) >= 11 is 1.42. The van der Waals surface area contributed by atoms with Crippen molar-refractivity contribution in [3.8, 4) is 0 Å². The number of ketones is 1. The van der Waals surface area contributed by atoms with Crippen molar-refractivity contribution in [2.24, 2.45) is 0 Å². The lowest BCUT2D eigenvalue weighted by Gasteiger charge is -2.32. The maximum Gasteiger partial charge on any atom is 0.257 e. The van der Waals surface area contributed by atoms with Gasteiger partial charge in [0.05, 0.1) is 5.56 Å². The standard InChI is InChI=1S/C19H18N4O2S/c1-2-10-26-19-22-17-16(18(25)23-19)14(11-6-8-20-9-7-11)15-12(21-17)4-3-5-13(15)24/h2,6-9,14H,1,3-5,10H2,(H2,21,22,23,25)/t14-/m0/s1. The van der Waals surface area contributed by atoms with Crippen LogP contribution in [0.1, 0.15) is 36.3 Å². The molecule has 1 aliphatic carbocycles. The van der Waals surface area contributed by atoms with Crippen LogP contribution in [0.2, 0.25) is 0 Å². The van der Waals surface area contributed by atoms with Gasteiger partial charge in [-0.25, -0.2) is 4.98 Å². The van der Waals surface area contributed by atoms with Crippen molar-refractivity contribution in [3.63, 3.8) is 0 Å². The quantitative estimate of drug-likeness (QED) is 0.491. The molecule has 0 bridgehead atoms. The Kier molecular flexibility index (Phi) is 4.46. The number of thioether (sulfide) groups is 1. The van der Waals surface area contributed by atoms with Crippen LogP contribution in [0.3, 0.4) is 0 Å². The van der Waals surface area contributed by atoms with E-state index in [4.69, 9.17) is 0 Å². The van der Waals surface area contributed by atoms with Gasteiger partial charge in [-0.2, -0.15) is 0 Å². The predicted octanol–water partition coefficient (Wildman–Crippen LogP) is 3.01. The summed E-state index contributed by atoms with van der Waals surface area (Å²) < 4.78 is 0. The van der Waals surface area contributed by atoms with Gasteiger partial charge in [-0.15, -0.1) is 6.58 Å². The van der Waals surface area contributed by atoms with Crippen LogP contribution in [0.15, 0.2) is 58.4 Å². The SMILES string of the molecule is C=CCSc1nc2c(c(=O)[nH]1)[C@@H](c1ccncc1)C1=C(CCCC1=O)N2. The minimum atomic E-state index is -0.410. The highest BCUT2D eigenvalue weighted by atomic mass is 32.2. The maximum absolute atomic E-state index is 12.9. The number of anilines is 1. The third-order valence-electron chi connectivity index (χ3n) is 4.61. The largest absolute Gasteiger partial charge is 0.343 e. The van der Waals surface area contributed by atoms with Gasteiger partial charge in [-0.3, -0.25) is 14.6 Å². The molecule has 0 fully saturated rings. The van der Waals surface area contributed by atoms with E-state index >= 15 is 0 Å². The Balaban J connectivity index is 1.91. The highest BCUT2D eigenvalue weighted by Crippen LogP contribution is 2.43. The van der Waals surface area contributed by atoms with Crippen LogP contribution in [0.25, 0.3) is 0 Å². The minimum absolute atomic E-state index is 0.0933. The van der Waals surface area contributed by atoms with Gasteiger partial charge >= 0.3 is 0 Å². The molecule has 0 saturated carbocycles. The summed E-state index contributed by atoms with van der Waals surface area (Å²) in [5, 5.41) is 3.80. The van der Waals surface area contributed by atoms with E-state index < -0.39 is 5.92 Å². The number of rotatable bonds is 4. The Bertz CT molecular complexity index is 965. The Morgan fingerprint density at radius 3 is 2.85 bits per heavy atom. The number of hydrogen-bond donors (Lipinski definition) is 2. The number of allylic oxidation sites excluding steroid dienone is 2. The first kappa shape index (κ1) is 16.8.